The summed E-state index contributed by atoms with van der Waals surface area (Å²) in [6.45, 7) is 0. The van der Waals surface area contributed by atoms with E-state index >= 15 is 0 Å². The second-order valence-electron chi connectivity index (χ2n) is 15.1. The first-order chi connectivity index (χ1) is 27.6. The van der Waals surface area contributed by atoms with Crippen LogP contribution in [0.1, 0.15) is 48.8 Å². The standard InChI is InChI=1S/C52H38N4/c53-33-35-17-24-47-46(28-35)45-23-22-42(31-48(45)52(47)25-5-2-6-26-52)40-13-7-12-39(29-40)41-14-8-15-43(30-41)50-32-49(55-51(56-50)38-10-3-1-4-11-38)37-20-18-36(19-21-37)44-16-9-27-54-34-44/h1,3-4,7-24,27-32,34H,2,5-6,25-26H2. The van der Waals surface area contributed by atoms with Crippen molar-refractivity contribution in [1.82, 2.24) is 15.0 Å². The number of benzene rings is 6. The molecule has 10 rings (SSSR count). The molecule has 0 saturated heterocycles. The van der Waals surface area contributed by atoms with E-state index in [0.717, 1.165) is 68.7 Å². The summed E-state index contributed by atoms with van der Waals surface area (Å²) in [4.78, 5) is 14.5. The van der Waals surface area contributed by atoms with Crippen LogP contribution in [-0.4, -0.2) is 15.0 Å². The molecule has 0 aliphatic heterocycles. The molecule has 2 aliphatic carbocycles. The molecule has 0 radical (unpaired) electrons. The topological polar surface area (TPSA) is 62.5 Å². The summed E-state index contributed by atoms with van der Waals surface area (Å²) in [6.07, 6.45) is 9.74. The maximum Gasteiger partial charge on any atom is 0.160 e. The Kier molecular flexibility index (Phi) is 8.42. The minimum Gasteiger partial charge on any atom is -0.264 e. The molecule has 2 heterocycles. The van der Waals surface area contributed by atoms with Crippen LogP contribution < -0.4 is 0 Å². The van der Waals surface area contributed by atoms with Crippen molar-refractivity contribution in [2.24, 2.45) is 0 Å². The molecule has 4 heteroatoms. The molecule has 2 aromatic heterocycles. The lowest BCUT2D eigenvalue weighted by atomic mass is 9.67. The normalized spacial score (nSPS) is 13.8. The largest absolute Gasteiger partial charge is 0.264 e. The maximum absolute atomic E-state index is 9.72. The highest BCUT2D eigenvalue weighted by Gasteiger charge is 2.43. The Hall–Kier alpha value is -6.96. The number of rotatable bonds is 6. The molecule has 0 atom stereocenters. The zero-order valence-corrected chi connectivity index (χ0v) is 31.0. The molecule has 1 saturated carbocycles. The summed E-state index contributed by atoms with van der Waals surface area (Å²) in [7, 11) is 0. The van der Waals surface area contributed by atoms with Crippen molar-refractivity contribution in [2.75, 3.05) is 0 Å². The van der Waals surface area contributed by atoms with Gasteiger partial charge in [0.05, 0.1) is 23.0 Å². The molecule has 1 spiro atoms. The van der Waals surface area contributed by atoms with Gasteiger partial charge in [-0.3, -0.25) is 4.98 Å². The van der Waals surface area contributed by atoms with Crippen LogP contribution in [0, 0.1) is 11.3 Å². The van der Waals surface area contributed by atoms with Gasteiger partial charge in [0, 0.05) is 34.5 Å². The highest BCUT2D eigenvalue weighted by Crippen LogP contribution is 2.56. The van der Waals surface area contributed by atoms with E-state index in [0.29, 0.717) is 5.82 Å². The first kappa shape index (κ1) is 33.6. The summed E-state index contributed by atoms with van der Waals surface area (Å²) in [5.74, 6) is 0.695. The van der Waals surface area contributed by atoms with Gasteiger partial charge in [-0.2, -0.15) is 5.26 Å². The van der Waals surface area contributed by atoms with Gasteiger partial charge in [-0.1, -0.05) is 135 Å². The zero-order valence-electron chi connectivity index (χ0n) is 31.0. The minimum absolute atomic E-state index is 0.0231. The summed E-state index contributed by atoms with van der Waals surface area (Å²) < 4.78 is 0. The lowest BCUT2D eigenvalue weighted by molar-refractivity contribution is 0.353. The van der Waals surface area contributed by atoms with Crippen LogP contribution in [0.4, 0.5) is 0 Å². The molecule has 1 fully saturated rings. The van der Waals surface area contributed by atoms with Crippen molar-refractivity contribution < 1.29 is 0 Å². The maximum atomic E-state index is 9.72. The van der Waals surface area contributed by atoms with E-state index in [9.17, 15) is 5.26 Å². The first-order valence-corrected chi connectivity index (χ1v) is 19.5. The van der Waals surface area contributed by atoms with Crippen molar-refractivity contribution >= 4 is 0 Å². The van der Waals surface area contributed by atoms with Crippen molar-refractivity contribution in [1.29, 1.82) is 5.26 Å². The van der Waals surface area contributed by atoms with E-state index in [1.54, 1.807) is 6.20 Å². The SMILES string of the molecule is N#Cc1ccc2c(c1)-c1ccc(-c3cccc(-c4cccc(-c5cc(-c6ccc(-c7cccnc7)cc6)nc(-c6ccccc6)n5)c4)c3)cc1C21CCCCC1. The van der Waals surface area contributed by atoms with Crippen molar-refractivity contribution in [2.45, 2.75) is 37.5 Å². The molecule has 0 unspecified atom stereocenters. The molecule has 0 bridgehead atoms. The third kappa shape index (κ3) is 5.99. The third-order valence-electron chi connectivity index (χ3n) is 11.8. The Morgan fingerprint density at radius 1 is 0.446 bits per heavy atom. The van der Waals surface area contributed by atoms with E-state index in [4.69, 9.17) is 9.97 Å². The number of nitriles is 1. The fourth-order valence-corrected chi connectivity index (χ4v) is 9.01. The van der Waals surface area contributed by atoms with Crippen molar-refractivity contribution in [3.8, 4) is 84.5 Å². The van der Waals surface area contributed by atoms with Gasteiger partial charge in [0.2, 0.25) is 0 Å². The van der Waals surface area contributed by atoms with Gasteiger partial charge in [0.1, 0.15) is 0 Å². The first-order valence-electron chi connectivity index (χ1n) is 19.5. The lowest BCUT2D eigenvalue weighted by Crippen LogP contribution is -2.28. The molecule has 6 aromatic carbocycles. The number of hydrogen-bond donors (Lipinski definition) is 0. The molecule has 56 heavy (non-hydrogen) atoms. The summed E-state index contributed by atoms with van der Waals surface area (Å²) in [6, 6.07) is 58.2. The monoisotopic (exact) mass is 718 g/mol. The average Bonchev–Trinajstić information content (AvgIpc) is 3.54. The number of aromatic nitrogens is 3. The Labute approximate surface area is 327 Å². The predicted octanol–water partition coefficient (Wildman–Crippen LogP) is 13.0. The van der Waals surface area contributed by atoms with Crippen LogP contribution in [-0.2, 0) is 5.41 Å². The van der Waals surface area contributed by atoms with Crippen molar-refractivity contribution in [3.05, 3.63) is 187 Å². The molecule has 266 valence electrons. The fraction of sp³-hybridized carbons (Fsp3) is 0.115. The second-order valence-corrected chi connectivity index (χ2v) is 15.1. The van der Waals surface area contributed by atoms with Crippen LogP contribution in [0.3, 0.4) is 0 Å². The Bertz CT molecular complexity index is 2780. The highest BCUT2D eigenvalue weighted by molar-refractivity contribution is 5.86. The van der Waals surface area contributed by atoms with Gasteiger partial charge in [0.15, 0.2) is 5.82 Å². The molecule has 2 aliphatic rings. The van der Waals surface area contributed by atoms with Crippen LogP contribution in [0.25, 0.3) is 78.4 Å². The van der Waals surface area contributed by atoms with Gasteiger partial charge in [-0.05, 0) is 111 Å². The Balaban J connectivity index is 1.02. The predicted molar refractivity (Wildman–Crippen MR) is 226 cm³/mol. The second kappa shape index (κ2) is 14.0. The summed E-state index contributed by atoms with van der Waals surface area (Å²) >= 11 is 0. The summed E-state index contributed by atoms with van der Waals surface area (Å²) in [5.41, 5.74) is 17.8. The van der Waals surface area contributed by atoms with E-state index in [1.807, 2.05) is 36.5 Å². The highest BCUT2D eigenvalue weighted by atomic mass is 14.9. The number of pyridine rings is 1. The number of fused-ring (bicyclic) bond motifs is 5. The van der Waals surface area contributed by atoms with E-state index in [1.165, 1.54) is 52.6 Å². The fourth-order valence-electron chi connectivity index (χ4n) is 9.01. The van der Waals surface area contributed by atoms with Gasteiger partial charge < -0.3 is 0 Å². The minimum atomic E-state index is 0.0231. The van der Waals surface area contributed by atoms with Crippen LogP contribution in [0.5, 0.6) is 0 Å². The molecule has 8 aromatic rings. The lowest BCUT2D eigenvalue weighted by Gasteiger charge is -2.36. The molecular weight excluding hydrogens is 681 g/mol. The van der Waals surface area contributed by atoms with Gasteiger partial charge >= 0.3 is 0 Å². The number of hydrogen-bond acceptors (Lipinski definition) is 4. The van der Waals surface area contributed by atoms with Gasteiger partial charge in [-0.15, -0.1) is 0 Å². The molecular formula is C52H38N4. The Morgan fingerprint density at radius 3 is 1.79 bits per heavy atom. The Morgan fingerprint density at radius 2 is 1.07 bits per heavy atom. The van der Waals surface area contributed by atoms with Crippen LogP contribution in [0.2, 0.25) is 0 Å². The van der Waals surface area contributed by atoms with E-state index < -0.39 is 0 Å². The number of nitrogens with zero attached hydrogens (tertiary/aromatic N) is 4. The summed E-state index contributed by atoms with van der Waals surface area (Å²) in [5, 5.41) is 9.72. The van der Waals surface area contributed by atoms with Crippen molar-refractivity contribution in [3.63, 3.8) is 0 Å². The molecule has 0 amide bonds. The molecule has 4 nitrogen and oxygen atoms in total. The zero-order chi connectivity index (χ0) is 37.5. The molecule has 0 N–H and O–H groups in total. The van der Waals surface area contributed by atoms with Crippen LogP contribution in [0.15, 0.2) is 170 Å². The smallest absolute Gasteiger partial charge is 0.160 e. The third-order valence-corrected chi connectivity index (χ3v) is 11.8. The van der Waals surface area contributed by atoms with E-state index in [-0.39, 0.29) is 5.41 Å². The van der Waals surface area contributed by atoms with Gasteiger partial charge in [0.25, 0.3) is 0 Å². The average molecular weight is 719 g/mol. The quantitative estimate of drug-likeness (QED) is 0.172. The van der Waals surface area contributed by atoms with E-state index in [2.05, 4.69) is 138 Å². The van der Waals surface area contributed by atoms with Crippen LogP contribution >= 0.6 is 0 Å². The van der Waals surface area contributed by atoms with Gasteiger partial charge in [-0.25, -0.2) is 9.97 Å².